The molecule has 0 aliphatic heterocycles. The van der Waals surface area contributed by atoms with Crippen molar-refractivity contribution in [1.82, 2.24) is 10.9 Å². The molecular formula is C14H9Br2N3O3S. The van der Waals surface area contributed by atoms with Crippen molar-refractivity contribution in [3.8, 4) is 11.8 Å². The molecule has 0 atom stereocenters. The summed E-state index contributed by atoms with van der Waals surface area (Å²) in [6, 6.07) is 9.97. The second-order valence-electron chi connectivity index (χ2n) is 4.16. The van der Waals surface area contributed by atoms with Gasteiger partial charge < -0.3 is 4.74 Å². The Hall–Kier alpha value is -1.89. The summed E-state index contributed by atoms with van der Waals surface area (Å²) in [5.41, 5.74) is 5.07. The number of benzene rings is 1. The third-order valence-corrected chi connectivity index (χ3v) is 5.79. The van der Waals surface area contributed by atoms with Gasteiger partial charge in [-0.15, -0.1) is 11.3 Å². The van der Waals surface area contributed by atoms with Gasteiger partial charge in [0.1, 0.15) is 5.75 Å². The van der Waals surface area contributed by atoms with Crippen LogP contribution >= 0.6 is 43.2 Å². The number of rotatable bonds is 4. The topological polar surface area (TPSA) is 91.2 Å². The van der Waals surface area contributed by atoms with Crippen molar-refractivity contribution in [2.45, 2.75) is 0 Å². The molecule has 0 radical (unpaired) electrons. The molecule has 0 bridgehead atoms. The number of nitrogens with one attached hydrogen (secondary N) is 2. The van der Waals surface area contributed by atoms with Crippen LogP contribution in [0, 0.1) is 11.3 Å². The molecule has 0 fully saturated rings. The smallest absolute Gasteiger partial charge is 0.279 e. The number of hydrogen-bond acceptors (Lipinski definition) is 5. The molecule has 6 nitrogen and oxygen atoms in total. The van der Waals surface area contributed by atoms with E-state index in [9.17, 15) is 9.59 Å². The molecule has 0 aliphatic rings. The third kappa shape index (κ3) is 5.06. The van der Waals surface area contributed by atoms with E-state index in [0.29, 0.717) is 16.2 Å². The van der Waals surface area contributed by atoms with Crippen molar-refractivity contribution in [1.29, 1.82) is 5.26 Å². The van der Waals surface area contributed by atoms with Crippen molar-refractivity contribution >= 4 is 55.0 Å². The Balaban J connectivity index is 1.78. The second-order valence-corrected chi connectivity index (χ2v) is 7.38. The number of hydrazine groups is 1. The first-order valence-electron chi connectivity index (χ1n) is 6.16. The first-order valence-corrected chi connectivity index (χ1v) is 8.57. The van der Waals surface area contributed by atoms with E-state index in [2.05, 4.69) is 42.7 Å². The molecule has 2 N–H and O–H groups in total. The van der Waals surface area contributed by atoms with E-state index in [1.54, 1.807) is 30.3 Å². The van der Waals surface area contributed by atoms with Crippen LogP contribution in [-0.2, 0) is 4.79 Å². The SMILES string of the molecule is N#Cc1ccc(OCC(=O)NNC(=O)c2cc(Br)c(Br)s2)cc1. The van der Waals surface area contributed by atoms with Gasteiger partial charge in [0.25, 0.3) is 11.8 Å². The third-order valence-electron chi connectivity index (χ3n) is 2.54. The van der Waals surface area contributed by atoms with Gasteiger partial charge in [0.05, 0.1) is 20.3 Å². The minimum absolute atomic E-state index is 0.260. The highest BCUT2D eigenvalue weighted by Crippen LogP contribution is 2.32. The van der Waals surface area contributed by atoms with Gasteiger partial charge in [-0.3, -0.25) is 20.4 Å². The highest BCUT2D eigenvalue weighted by molar-refractivity contribution is 9.13. The zero-order chi connectivity index (χ0) is 16.8. The summed E-state index contributed by atoms with van der Waals surface area (Å²) in [7, 11) is 0. The van der Waals surface area contributed by atoms with Crippen LogP contribution in [0.25, 0.3) is 0 Å². The minimum Gasteiger partial charge on any atom is -0.484 e. The van der Waals surface area contributed by atoms with Gasteiger partial charge in [0.15, 0.2) is 6.61 Å². The van der Waals surface area contributed by atoms with Gasteiger partial charge in [-0.1, -0.05) is 0 Å². The maximum absolute atomic E-state index is 11.8. The summed E-state index contributed by atoms with van der Waals surface area (Å²) < 4.78 is 6.80. The molecule has 9 heteroatoms. The van der Waals surface area contributed by atoms with Gasteiger partial charge in [-0.2, -0.15) is 5.26 Å². The maximum Gasteiger partial charge on any atom is 0.279 e. The summed E-state index contributed by atoms with van der Waals surface area (Å²) in [5.74, 6) is -0.470. The maximum atomic E-state index is 11.8. The van der Waals surface area contributed by atoms with Gasteiger partial charge >= 0.3 is 0 Å². The van der Waals surface area contributed by atoms with E-state index >= 15 is 0 Å². The average molecular weight is 459 g/mol. The van der Waals surface area contributed by atoms with Crippen LogP contribution in [-0.4, -0.2) is 18.4 Å². The van der Waals surface area contributed by atoms with Crippen LogP contribution in [0.5, 0.6) is 5.75 Å². The number of carbonyl (C=O) groups is 2. The monoisotopic (exact) mass is 457 g/mol. The molecule has 0 unspecified atom stereocenters. The lowest BCUT2D eigenvalue weighted by Crippen LogP contribution is -2.43. The first kappa shape index (κ1) is 17.5. The number of ether oxygens (including phenoxy) is 1. The van der Waals surface area contributed by atoms with Gasteiger partial charge in [0.2, 0.25) is 0 Å². The summed E-state index contributed by atoms with van der Waals surface area (Å²) in [4.78, 5) is 23.9. The highest BCUT2D eigenvalue weighted by Gasteiger charge is 2.13. The fourth-order valence-corrected chi connectivity index (χ4v) is 3.39. The number of hydrogen-bond donors (Lipinski definition) is 2. The van der Waals surface area contributed by atoms with Crippen LogP contribution in [0.2, 0.25) is 0 Å². The van der Waals surface area contributed by atoms with E-state index in [4.69, 9.17) is 10.00 Å². The van der Waals surface area contributed by atoms with Crippen LogP contribution in [0.4, 0.5) is 0 Å². The Bertz CT molecular complexity index is 749. The van der Waals surface area contributed by atoms with Crippen LogP contribution in [0.15, 0.2) is 38.6 Å². The molecule has 2 aromatic rings. The summed E-state index contributed by atoms with van der Waals surface area (Å²) in [5, 5.41) is 8.68. The Morgan fingerprint density at radius 2 is 1.91 bits per heavy atom. The predicted molar refractivity (Wildman–Crippen MR) is 92.0 cm³/mol. The average Bonchev–Trinajstić information content (AvgIpc) is 2.90. The lowest BCUT2D eigenvalue weighted by atomic mass is 10.2. The number of nitriles is 1. The van der Waals surface area contributed by atoms with Gasteiger partial charge in [-0.05, 0) is 62.2 Å². The summed E-state index contributed by atoms with van der Waals surface area (Å²) in [6.45, 7) is -0.260. The summed E-state index contributed by atoms with van der Waals surface area (Å²) >= 11 is 7.81. The lowest BCUT2D eigenvalue weighted by Gasteiger charge is -2.08. The van der Waals surface area contributed by atoms with E-state index in [-0.39, 0.29) is 6.61 Å². The molecule has 1 heterocycles. The molecule has 1 aromatic carbocycles. The van der Waals surface area contributed by atoms with E-state index in [0.717, 1.165) is 8.26 Å². The quantitative estimate of drug-likeness (QED) is 0.689. The summed E-state index contributed by atoms with van der Waals surface area (Å²) in [6.07, 6.45) is 0. The van der Waals surface area contributed by atoms with Crippen molar-refractivity contribution in [2.24, 2.45) is 0 Å². The molecule has 118 valence electrons. The molecule has 0 saturated carbocycles. The highest BCUT2D eigenvalue weighted by atomic mass is 79.9. The van der Waals surface area contributed by atoms with Gasteiger partial charge in [0, 0.05) is 4.47 Å². The van der Waals surface area contributed by atoms with E-state index in [1.807, 2.05) is 6.07 Å². The standard InChI is InChI=1S/C14H9Br2N3O3S/c15-10-5-11(23-13(10)16)14(21)19-18-12(20)7-22-9-3-1-8(6-17)2-4-9/h1-5H,7H2,(H,18,20)(H,19,21). The molecule has 2 rings (SSSR count). The minimum atomic E-state index is -0.502. The normalized spacial score (nSPS) is 9.78. The van der Waals surface area contributed by atoms with E-state index in [1.165, 1.54) is 11.3 Å². The number of amides is 2. The fraction of sp³-hybridized carbons (Fsp3) is 0.0714. The molecule has 0 spiro atoms. The van der Waals surface area contributed by atoms with Crippen molar-refractivity contribution in [3.05, 3.63) is 49.0 Å². The molecule has 0 saturated heterocycles. The largest absolute Gasteiger partial charge is 0.484 e. The number of thiophene rings is 1. The fourth-order valence-electron chi connectivity index (χ4n) is 1.46. The Kier molecular flexibility index (Phi) is 6.15. The Morgan fingerprint density at radius 3 is 2.48 bits per heavy atom. The van der Waals surface area contributed by atoms with Gasteiger partial charge in [-0.25, -0.2) is 0 Å². The lowest BCUT2D eigenvalue weighted by molar-refractivity contribution is -0.123. The molecule has 1 aromatic heterocycles. The number of halogens is 2. The van der Waals surface area contributed by atoms with E-state index < -0.39 is 11.8 Å². The molecule has 2 amide bonds. The van der Waals surface area contributed by atoms with Crippen molar-refractivity contribution < 1.29 is 14.3 Å². The number of nitrogens with zero attached hydrogens (tertiary/aromatic N) is 1. The molecule has 0 aliphatic carbocycles. The second kappa shape index (κ2) is 8.10. The van der Waals surface area contributed by atoms with Crippen molar-refractivity contribution in [2.75, 3.05) is 6.61 Å². The Morgan fingerprint density at radius 1 is 1.22 bits per heavy atom. The molecule has 23 heavy (non-hydrogen) atoms. The van der Waals surface area contributed by atoms with Crippen LogP contribution in [0.3, 0.4) is 0 Å². The number of carbonyl (C=O) groups excluding carboxylic acids is 2. The first-order chi connectivity index (χ1) is 11.0. The van der Waals surface area contributed by atoms with Crippen LogP contribution < -0.4 is 15.6 Å². The Labute approximate surface area is 152 Å². The van der Waals surface area contributed by atoms with Crippen molar-refractivity contribution in [3.63, 3.8) is 0 Å². The zero-order valence-corrected chi connectivity index (χ0v) is 15.4. The zero-order valence-electron chi connectivity index (χ0n) is 11.4. The molecular weight excluding hydrogens is 450 g/mol. The van der Waals surface area contributed by atoms with Crippen LogP contribution in [0.1, 0.15) is 15.2 Å². The predicted octanol–water partition coefficient (Wildman–Crippen LogP) is 2.98.